The molecule has 1 aliphatic carbocycles. The monoisotopic (exact) mass is 355 g/mol. The van der Waals surface area contributed by atoms with Crippen LogP contribution >= 0.6 is 0 Å². The van der Waals surface area contributed by atoms with Crippen LogP contribution in [0.15, 0.2) is 18.3 Å². The zero-order valence-electron chi connectivity index (χ0n) is 14.3. The zero-order chi connectivity index (χ0) is 17.7. The summed E-state index contributed by atoms with van der Waals surface area (Å²) in [5, 5.41) is 3.00. The van der Waals surface area contributed by atoms with Gasteiger partial charge in [-0.3, -0.25) is 4.79 Å². The van der Waals surface area contributed by atoms with E-state index in [1.54, 1.807) is 18.3 Å². The molecule has 24 heavy (non-hydrogen) atoms. The molecule has 1 heterocycles. The number of carbonyl (C=O) groups is 1. The fourth-order valence-electron chi connectivity index (χ4n) is 2.86. The lowest BCUT2D eigenvalue weighted by Crippen LogP contribution is -2.42. The molecule has 2 atom stereocenters. The molecule has 1 aromatic heterocycles. The SMILES string of the molecule is CC(C)Oc1ncccc1C(=O)NC1CCCC1CNS(C)(=O)=O. The average Bonchev–Trinajstić information content (AvgIpc) is 2.91. The van der Waals surface area contributed by atoms with E-state index in [9.17, 15) is 13.2 Å². The molecule has 2 N–H and O–H groups in total. The first-order valence-corrected chi connectivity index (χ1v) is 10.0. The van der Waals surface area contributed by atoms with Crippen LogP contribution in [0, 0.1) is 5.92 Å². The molecule has 0 radical (unpaired) electrons. The highest BCUT2D eigenvalue weighted by molar-refractivity contribution is 7.88. The first kappa shape index (κ1) is 18.7. The van der Waals surface area contributed by atoms with Crippen LogP contribution in [0.3, 0.4) is 0 Å². The Morgan fingerprint density at radius 1 is 1.42 bits per heavy atom. The Morgan fingerprint density at radius 2 is 2.17 bits per heavy atom. The van der Waals surface area contributed by atoms with E-state index < -0.39 is 10.0 Å². The van der Waals surface area contributed by atoms with Gasteiger partial charge in [-0.1, -0.05) is 6.42 Å². The molecule has 1 amide bonds. The van der Waals surface area contributed by atoms with Crippen LogP contribution in [-0.2, 0) is 10.0 Å². The van der Waals surface area contributed by atoms with Crippen molar-refractivity contribution >= 4 is 15.9 Å². The first-order chi connectivity index (χ1) is 11.3. The number of nitrogens with zero attached hydrogens (tertiary/aromatic N) is 1. The van der Waals surface area contributed by atoms with E-state index in [4.69, 9.17) is 4.74 Å². The maximum atomic E-state index is 12.6. The number of hydrogen-bond acceptors (Lipinski definition) is 5. The van der Waals surface area contributed by atoms with Crippen molar-refractivity contribution in [2.24, 2.45) is 5.92 Å². The van der Waals surface area contributed by atoms with Gasteiger partial charge in [0.1, 0.15) is 5.56 Å². The number of amides is 1. The molecule has 2 unspecified atom stereocenters. The molecule has 1 fully saturated rings. The van der Waals surface area contributed by atoms with E-state index in [0.29, 0.717) is 18.0 Å². The lowest BCUT2D eigenvalue weighted by atomic mass is 10.0. The Bertz CT molecular complexity index is 676. The molecule has 134 valence electrons. The second-order valence-electron chi connectivity index (χ2n) is 6.41. The summed E-state index contributed by atoms with van der Waals surface area (Å²) >= 11 is 0. The largest absolute Gasteiger partial charge is 0.474 e. The van der Waals surface area contributed by atoms with Gasteiger partial charge in [-0.25, -0.2) is 18.1 Å². The number of pyridine rings is 1. The van der Waals surface area contributed by atoms with E-state index >= 15 is 0 Å². The molecule has 1 aromatic rings. The molecule has 0 bridgehead atoms. The van der Waals surface area contributed by atoms with E-state index in [-0.39, 0.29) is 24.0 Å². The normalized spacial score (nSPS) is 21.0. The van der Waals surface area contributed by atoms with Crippen LogP contribution in [0.1, 0.15) is 43.5 Å². The minimum absolute atomic E-state index is 0.0566. The number of nitrogens with one attached hydrogen (secondary N) is 2. The predicted octanol–water partition coefficient (Wildman–Crippen LogP) is 1.32. The van der Waals surface area contributed by atoms with E-state index in [0.717, 1.165) is 25.5 Å². The van der Waals surface area contributed by atoms with Crippen LogP contribution in [-0.4, -0.2) is 44.3 Å². The number of carbonyl (C=O) groups excluding carboxylic acids is 1. The average molecular weight is 355 g/mol. The van der Waals surface area contributed by atoms with Crippen molar-refractivity contribution in [2.75, 3.05) is 12.8 Å². The van der Waals surface area contributed by atoms with Crippen LogP contribution in [0.5, 0.6) is 5.88 Å². The van der Waals surface area contributed by atoms with E-state index in [2.05, 4.69) is 15.0 Å². The highest BCUT2D eigenvalue weighted by atomic mass is 32.2. The topological polar surface area (TPSA) is 97.4 Å². The number of ether oxygens (including phenoxy) is 1. The van der Waals surface area contributed by atoms with Gasteiger partial charge in [0.15, 0.2) is 0 Å². The van der Waals surface area contributed by atoms with Gasteiger partial charge in [0.25, 0.3) is 5.91 Å². The first-order valence-electron chi connectivity index (χ1n) is 8.13. The number of aromatic nitrogens is 1. The molecule has 0 spiro atoms. The Kier molecular flexibility index (Phi) is 6.17. The molecule has 0 saturated heterocycles. The summed E-state index contributed by atoms with van der Waals surface area (Å²) in [6.45, 7) is 4.09. The van der Waals surface area contributed by atoms with Crippen molar-refractivity contribution in [1.82, 2.24) is 15.0 Å². The predicted molar refractivity (Wildman–Crippen MR) is 91.4 cm³/mol. The number of hydrogen-bond donors (Lipinski definition) is 2. The summed E-state index contributed by atoms with van der Waals surface area (Å²) in [4.78, 5) is 16.7. The lowest BCUT2D eigenvalue weighted by molar-refractivity contribution is 0.0921. The van der Waals surface area contributed by atoms with Gasteiger partial charge >= 0.3 is 0 Å². The van der Waals surface area contributed by atoms with Crippen molar-refractivity contribution in [3.05, 3.63) is 23.9 Å². The van der Waals surface area contributed by atoms with Crippen molar-refractivity contribution < 1.29 is 17.9 Å². The number of sulfonamides is 1. The van der Waals surface area contributed by atoms with Gasteiger partial charge in [-0.2, -0.15) is 0 Å². The molecule has 2 rings (SSSR count). The third-order valence-electron chi connectivity index (χ3n) is 3.95. The summed E-state index contributed by atoms with van der Waals surface area (Å²) in [5.41, 5.74) is 0.396. The minimum atomic E-state index is -3.23. The molecular weight excluding hydrogens is 330 g/mol. The Balaban J connectivity index is 2.03. The van der Waals surface area contributed by atoms with E-state index in [1.807, 2.05) is 13.8 Å². The summed E-state index contributed by atoms with van der Waals surface area (Å²) in [6.07, 6.45) is 5.33. The van der Waals surface area contributed by atoms with Gasteiger partial charge in [0.05, 0.1) is 12.4 Å². The smallest absolute Gasteiger partial charge is 0.256 e. The van der Waals surface area contributed by atoms with Crippen molar-refractivity contribution in [3.63, 3.8) is 0 Å². The Morgan fingerprint density at radius 3 is 2.83 bits per heavy atom. The molecule has 7 nitrogen and oxygen atoms in total. The molecule has 0 aromatic carbocycles. The summed E-state index contributed by atoms with van der Waals surface area (Å²) in [6, 6.07) is 3.32. The third kappa shape index (κ3) is 5.45. The minimum Gasteiger partial charge on any atom is -0.474 e. The van der Waals surface area contributed by atoms with Crippen LogP contribution in [0.25, 0.3) is 0 Å². The zero-order valence-corrected chi connectivity index (χ0v) is 15.1. The summed E-state index contributed by atoms with van der Waals surface area (Å²) in [7, 11) is -3.23. The standard InChI is InChI=1S/C16H25N3O4S/c1-11(2)23-16-13(7-5-9-17-16)15(20)19-14-8-4-6-12(14)10-18-24(3,21)22/h5,7,9,11-12,14,18H,4,6,8,10H2,1-3H3,(H,19,20). The highest BCUT2D eigenvalue weighted by Gasteiger charge is 2.30. The van der Waals surface area contributed by atoms with Crippen molar-refractivity contribution in [3.8, 4) is 5.88 Å². The van der Waals surface area contributed by atoms with Crippen molar-refractivity contribution in [2.45, 2.75) is 45.3 Å². The fraction of sp³-hybridized carbons (Fsp3) is 0.625. The quantitative estimate of drug-likeness (QED) is 0.769. The van der Waals surface area contributed by atoms with E-state index in [1.165, 1.54) is 0 Å². The van der Waals surface area contributed by atoms with Gasteiger partial charge in [-0.15, -0.1) is 0 Å². The van der Waals surface area contributed by atoms with Gasteiger partial charge in [0.2, 0.25) is 15.9 Å². The summed E-state index contributed by atoms with van der Waals surface area (Å²) in [5.74, 6) is 0.165. The summed E-state index contributed by atoms with van der Waals surface area (Å²) < 4.78 is 30.6. The van der Waals surface area contributed by atoms with Gasteiger partial charge in [0, 0.05) is 18.8 Å². The van der Waals surface area contributed by atoms with Crippen molar-refractivity contribution in [1.29, 1.82) is 0 Å². The second kappa shape index (κ2) is 7.94. The molecular formula is C16H25N3O4S. The Hall–Kier alpha value is -1.67. The fourth-order valence-corrected chi connectivity index (χ4v) is 3.37. The third-order valence-corrected chi connectivity index (χ3v) is 4.64. The Labute approximate surface area is 143 Å². The molecule has 1 aliphatic rings. The maximum Gasteiger partial charge on any atom is 0.256 e. The van der Waals surface area contributed by atoms with Crippen LogP contribution in [0.4, 0.5) is 0 Å². The van der Waals surface area contributed by atoms with Crippen LogP contribution < -0.4 is 14.8 Å². The number of rotatable bonds is 7. The van der Waals surface area contributed by atoms with Gasteiger partial charge < -0.3 is 10.1 Å². The molecule has 8 heteroatoms. The maximum absolute atomic E-state index is 12.6. The molecule has 1 saturated carbocycles. The highest BCUT2D eigenvalue weighted by Crippen LogP contribution is 2.26. The van der Waals surface area contributed by atoms with Crippen LogP contribution in [0.2, 0.25) is 0 Å². The second-order valence-corrected chi connectivity index (χ2v) is 8.25. The molecule has 0 aliphatic heterocycles. The lowest BCUT2D eigenvalue weighted by Gasteiger charge is -2.21. The van der Waals surface area contributed by atoms with Gasteiger partial charge in [-0.05, 0) is 44.7 Å².